The number of carbonyl (C=O) groups excluding carboxylic acids is 1. The molecule has 1 saturated heterocycles. The summed E-state index contributed by atoms with van der Waals surface area (Å²) in [6, 6.07) is 8.17. The Bertz CT molecular complexity index is 552. The maximum Gasteiger partial charge on any atom is 0.306 e. The Morgan fingerprint density at radius 2 is 1.77 bits per heavy atom. The van der Waals surface area contributed by atoms with Gasteiger partial charge in [0.05, 0.1) is 5.92 Å². The zero-order chi connectivity index (χ0) is 16.1. The Balaban J connectivity index is 1.90. The van der Waals surface area contributed by atoms with Crippen LogP contribution in [0.4, 0.5) is 0 Å². The van der Waals surface area contributed by atoms with Gasteiger partial charge >= 0.3 is 5.97 Å². The van der Waals surface area contributed by atoms with Crippen molar-refractivity contribution in [2.75, 3.05) is 13.1 Å². The fourth-order valence-corrected chi connectivity index (χ4v) is 2.61. The highest BCUT2D eigenvalue weighted by Gasteiger charge is 2.25. The van der Waals surface area contributed by atoms with Gasteiger partial charge in [-0.15, -0.1) is 0 Å². The Labute approximate surface area is 131 Å². The molecule has 0 aromatic heterocycles. The Morgan fingerprint density at radius 3 is 2.27 bits per heavy atom. The van der Waals surface area contributed by atoms with Crippen LogP contribution in [0.2, 0.25) is 0 Å². The molecule has 0 saturated carbocycles. The summed E-state index contributed by atoms with van der Waals surface area (Å²) in [5.74, 6) is -0.614. The average molecular weight is 301 g/mol. The lowest BCUT2D eigenvalue weighted by atomic mass is 9.97. The van der Waals surface area contributed by atoms with Crippen LogP contribution in [0.3, 0.4) is 0 Å². The summed E-state index contributed by atoms with van der Waals surface area (Å²) in [5, 5.41) is 8.96. The summed E-state index contributed by atoms with van der Waals surface area (Å²) in [7, 11) is 0. The molecule has 118 valence electrons. The van der Waals surface area contributed by atoms with Crippen LogP contribution in [-0.4, -0.2) is 35.0 Å². The molecular weight excluding hydrogens is 278 g/mol. The third kappa shape index (κ3) is 4.20. The summed E-state index contributed by atoms with van der Waals surface area (Å²) in [6.07, 6.45) is 4.47. The van der Waals surface area contributed by atoms with Gasteiger partial charge in [0.2, 0.25) is 5.91 Å². The van der Waals surface area contributed by atoms with Gasteiger partial charge in [0.25, 0.3) is 0 Å². The molecule has 0 aliphatic carbocycles. The quantitative estimate of drug-likeness (QED) is 0.869. The number of likely N-dealkylation sites (tertiary alicyclic amines) is 1. The molecule has 0 unspecified atom stereocenters. The van der Waals surface area contributed by atoms with Crippen molar-refractivity contribution in [3.63, 3.8) is 0 Å². The van der Waals surface area contributed by atoms with E-state index in [1.54, 1.807) is 11.0 Å². The summed E-state index contributed by atoms with van der Waals surface area (Å²) in [4.78, 5) is 24.7. The minimum Gasteiger partial charge on any atom is -0.481 e. The molecule has 0 atom stereocenters. The number of nitrogens with zero attached hydrogens (tertiary/aromatic N) is 1. The molecule has 1 aliphatic rings. The van der Waals surface area contributed by atoms with E-state index in [1.165, 1.54) is 5.56 Å². The number of amides is 1. The third-order valence-corrected chi connectivity index (χ3v) is 4.18. The van der Waals surface area contributed by atoms with Crippen molar-refractivity contribution in [3.8, 4) is 0 Å². The molecule has 1 aromatic rings. The van der Waals surface area contributed by atoms with Crippen LogP contribution in [0.5, 0.6) is 0 Å². The van der Waals surface area contributed by atoms with Crippen molar-refractivity contribution in [2.24, 2.45) is 5.92 Å². The molecule has 22 heavy (non-hydrogen) atoms. The highest BCUT2D eigenvalue weighted by atomic mass is 16.4. The maximum absolute atomic E-state index is 12.1. The molecule has 4 nitrogen and oxygen atoms in total. The number of hydrogen-bond donors (Lipinski definition) is 1. The van der Waals surface area contributed by atoms with E-state index in [-0.39, 0.29) is 11.8 Å². The number of carbonyl (C=O) groups is 2. The summed E-state index contributed by atoms with van der Waals surface area (Å²) >= 11 is 0. The van der Waals surface area contributed by atoms with Crippen LogP contribution < -0.4 is 0 Å². The minimum atomic E-state index is -0.757. The van der Waals surface area contributed by atoms with Crippen molar-refractivity contribution in [1.29, 1.82) is 0 Å². The van der Waals surface area contributed by atoms with Crippen LogP contribution >= 0.6 is 0 Å². The second kappa shape index (κ2) is 7.25. The van der Waals surface area contributed by atoms with E-state index in [2.05, 4.69) is 26.0 Å². The van der Waals surface area contributed by atoms with E-state index in [0.29, 0.717) is 31.8 Å². The number of benzene rings is 1. The Kier molecular flexibility index (Phi) is 5.36. The topological polar surface area (TPSA) is 57.6 Å². The van der Waals surface area contributed by atoms with Gasteiger partial charge in [0, 0.05) is 19.2 Å². The summed E-state index contributed by atoms with van der Waals surface area (Å²) < 4.78 is 0. The van der Waals surface area contributed by atoms with Gasteiger partial charge < -0.3 is 10.0 Å². The van der Waals surface area contributed by atoms with E-state index in [4.69, 9.17) is 5.11 Å². The first kappa shape index (κ1) is 16.3. The van der Waals surface area contributed by atoms with Crippen LogP contribution in [-0.2, 0) is 9.59 Å². The number of piperidine rings is 1. The van der Waals surface area contributed by atoms with Crippen LogP contribution in [0, 0.1) is 5.92 Å². The SMILES string of the molecule is CC(C)c1ccc(/C=C/C(=O)N2CCC(C(=O)O)CC2)cc1. The van der Waals surface area contributed by atoms with E-state index >= 15 is 0 Å². The van der Waals surface area contributed by atoms with Crippen molar-refractivity contribution in [3.05, 3.63) is 41.5 Å². The first-order valence-electron chi connectivity index (χ1n) is 7.77. The van der Waals surface area contributed by atoms with Crippen molar-refractivity contribution in [2.45, 2.75) is 32.6 Å². The molecule has 0 spiro atoms. The minimum absolute atomic E-state index is 0.0447. The standard InChI is InChI=1S/C18H23NO3/c1-13(2)15-6-3-14(4-7-15)5-8-17(20)19-11-9-16(10-12-19)18(21)22/h3-8,13,16H,9-12H2,1-2H3,(H,21,22)/b8-5+. The number of carboxylic acid groups (broad SMARTS) is 1. The lowest BCUT2D eigenvalue weighted by Gasteiger charge is -2.29. The van der Waals surface area contributed by atoms with E-state index in [0.717, 1.165) is 5.56 Å². The van der Waals surface area contributed by atoms with Gasteiger partial charge in [-0.25, -0.2) is 0 Å². The van der Waals surface area contributed by atoms with Crippen molar-refractivity contribution < 1.29 is 14.7 Å². The predicted octanol–water partition coefficient (Wildman–Crippen LogP) is 3.15. The lowest BCUT2D eigenvalue weighted by molar-refractivity contribution is -0.144. The molecule has 1 aromatic carbocycles. The van der Waals surface area contributed by atoms with Gasteiger partial charge in [-0.1, -0.05) is 38.1 Å². The van der Waals surface area contributed by atoms with Gasteiger partial charge in [-0.3, -0.25) is 9.59 Å². The highest BCUT2D eigenvalue weighted by Crippen LogP contribution is 2.18. The predicted molar refractivity (Wildman–Crippen MR) is 86.5 cm³/mol. The van der Waals surface area contributed by atoms with E-state index in [9.17, 15) is 9.59 Å². The van der Waals surface area contributed by atoms with Crippen molar-refractivity contribution >= 4 is 18.0 Å². The molecule has 1 fully saturated rings. The highest BCUT2D eigenvalue weighted by molar-refractivity contribution is 5.92. The zero-order valence-electron chi connectivity index (χ0n) is 13.2. The van der Waals surface area contributed by atoms with Gasteiger partial charge in [-0.05, 0) is 36.0 Å². The summed E-state index contributed by atoms with van der Waals surface area (Å²) in [5.41, 5.74) is 2.28. The van der Waals surface area contributed by atoms with Crippen LogP contribution in [0.1, 0.15) is 43.7 Å². The molecule has 1 amide bonds. The van der Waals surface area contributed by atoms with E-state index in [1.807, 2.05) is 18.2 Å². The molecular formula is C18H23NO3. The number of rotatable bonds is 4. The van der Waals surface area contributed by atoms with Crippen molar-refractivity contribution in [1.82, 2.24) is 4.90 Å². The van der Waals surface area contributed by atoms with Crippen LogP contribution in [0.15, 0.2) is 30.3 Å². The molecule has 0 bridgehead atoms. The van der Waals surface area contributed by atoms with Gasteiger partial charge in [0.1, 0.15) is 0 Å². The monoisotopic (exact) mass is 301 g/mol. The number of hydrogen-bond acceptors (Lipinski definition) is 2. The number of carboxylic acids is 1. The average Bonchev–Trinajstić information content (AvgIpc) is 2.53. The first-order valence-corrected chi connectivity index (χ1v) is 7.77. The number of aliphatic carboxylic acids is 1. The Hall–Kier alpha value is -2.10. The maximum atomic E-state index is 12.1. The van der Waals surface area contributed by atoms with E-state index < -0.39 is 5.97 Å². The fraction of sp³-hybridized carbons (Fsp3) is 0.444. The van der Waals surface area contributed by atoms with Gasteiger partial charge in [-0.2, -0.15) is 0 Å². The second-order valence-corrected chi connectivity index (χ2v) is 6.09. The lowest BCUT2D eigenvalue weighted by Crippen LogP contribution is -2.39. The second-order valence-electron chi connectivity index (χ2n) is 6.09. The molecule has 1 heterocycles. The normalized spacial score (nSPS) is 16.4. The molecule has 1 aliphatic heterocycles. The van der Waals surface area contributed by atoms with Crippen LogP contribution in [0.25, 0.3) is 6.08 Å². The fourth-order valence-electron chi connectivity index (χ4n) is 2.61. The smallest absolute Gasteiger partial charge is 0.306 e. The summed E-state index contributed by atoms with van der Waals surface area (Å²) in [6.45, 7) is 5.34. The molecule has 0 radical (unpaired) electrons. The molecule has 4 heteroatoms. The third-order valence-electron chi connectivity index (χ3n) is 4.18. The zero-order valence-corrected chi connectivity index (χ0v) is 13.2. The molecule has 1 N–H and O–H groups in total. The largest absolute Gasteiger partial charge is 0.481 e. The molecule has 2 rings (SSSR count). The van der Waals surface area contributed by atoms with Gasteiger partial charge in [0.15, 0.2) is 0 Å². The first-order chi connectivity index (χ1) is 10.5. The Morgan fingerprint density at radius 1 is 1.18 bits per heavy atom.